The lowest BCUT2D eigenvalue weighted by Crippen LogP contribution is -2.21. The molecule has 4 heteroatoms. The molecule has 16 heavy (non-hydrogen) atoms. The average Bonchev–Trinajstić information content (AvgIpc) is 2.14. The standard InChI is InChI=1S/C12H15F3O/c1-11(2,3)9-6-4-5-8(7-9)10(16)12(13,14)15/h4-7,10,16H,1-3H3/t10-/m0/s1. The molecule has 0 heterocycles. The van der Waals surface area contributed by atoms with Crippen LogP contribution in [0.2, 0.25) is 0 Å². The minimum Gasteiger partial charge on any atom is -0.379 e. The Bertz CT molecular complexity index is 363. The Morgan fingerprint density at radius 2 is 1.69 bits per heavy atom. The second kappa shape index (κ2) is 4.09. The molecule has 0 aliphatic carbocycles. The third kappa shape index (κ3) is 2.98. The molecule has 0 saturated heterocycles. The molecule has 90 valence electrons. The van der Waals surface area contributed by atoms with Gasteiger partial charge in [-0.1, -0.05) is 45.0 Å². The molecule has 1 atom stereocenters. The van der Waals surface area contributed by atoms with E-state index in [0.717, 1.165) is 5.56 Å². The zero-order valence-corrected chi connectivity index (χ0v) is 9.47. The van der Waals surface area contributed by atoms with Gasteiger partial charge in [0.25, 0.3) is 0 Å². The first kappa shape index (κ1) is 13.0. The summed E-state index contributed by atoms with van der Waals surface area (Å²) in [6.45, 7) is 5.73. The molecule has 1 aromatic carbocycles. The van der Waals surface area contributed by atoms with E-state index in [1.165, 1.54) is 18.2 Å². The third-order valence-corrected chi connectivity index (χ3v) is 2.38. The highest BCUT2D eigenvalue weighted by Crippen LogP contribution is 2.34. The molecule has 0 unspecified atom stereocenters. The first-order valence-electron chi connectivity index (χ1n) is 4.97. The quantitative estimate of drug-likeness (QED) is 0.784. The summed E-state index contributed by atoms with van der Waals surface area (Å²) in [7, 11) is 0. The van der Waals surface area contributed by atoms with E-state index in [2.05, 4.69) is 0 Å². The minimum absolute atomic E-state index is 0.111. The van der Waals surface area contributed by atoms with Gasteiger partial charge < -0.3 is 5.11 Å². The Balaban J connectivity index is 3.09. The van der Waals surface area contributed by atoms with Gasteiger partial charge in [-0.05, 0) is 16.5 Å². The van der Waals surface area contributed by atoms with Crippen molar-refractivity contribution in [2.45, 2.75) is 38.5 Å². The number of rotatable bonds is 1. The fraction of sp³-hybridized carbons (Fsp3) is 0.500. The molecule has 0 aliphatic rings. The topological polar surface area (TPSA) is 20.2 Å². The van der Waals surface area contributed by atoms with E-state index in [1.54, 1.807) is 6.07 Å². The molecule has 1 nitrogen and oxygen atoms in total. The Morgan fingerprint density at radius 3 is 2.12 bits per heavy atom. The maximum absolute atomic E-state index is 12.3. The van der Waals surface area contributed by atoms with E-state index < -0.39 is 12.3 Å². The van der Waals surface area contributed by atoms with Crippen LogP contribution in [0.1, 0.15) is 38.0 Å². The molecule has 0 bridgehead atoms. The summed E-state index contributed by atoms with van der Waals surface area (Å²) < 4.78 is 36.9. The largest absolute Gasteiger partial charge is 0.418 e. The van der Waals surface area contributed by atoms with Gasteiger partial charge in [0.15, 0.2) is 6.10 Å². The second-order valence-electron chi connectivity index (χ2n) is 4.82. The summed E-state index contributed by atoms with van der Waals surface area (Å²) in [4.78, 5) is 0. The minimum atomic E-state index is -4.61. The molecule has 1 rings (SSSR count). The molecule has 1 aromatic rings. The molecular weight excluding hydrogens is 217 g/mol. The van der Waals surface area contributed by atoms with Crippen LogP contribution in [-0.4, -0.2) is 11.3 Å². The molecule has 0 aromatic heterocycles. The zero-order chi connectivity index (χ0) is 12.6. The summed E-state index contributed by atoms with van der Waals surface area (Å²) in [5.74, 6) is 0. The first-order chi connectivity index (χ1) is 7.12. The lowest BCUT2D eigenvalue weighted by molar-refractivity contribution is -0.206. The van der Waals surface area contributed by atoms with E-state index in [0.29, 0.717) is 0 Å². The number of hydrogen-bond acceptors (Lipinski definition) is 1. The molecule has 0 saturated carbocycles. The van der Waals surface area contributed by atoms with Crippen molar-refractivity contribution in [2.75, 3.05) is 0 Å². The van der Waals surface area contributed by atoms with Gasteiger partial charge in [0.1, 0.15) is 0 Å². The fourth-order valence-corrected chi connectivity index (χ4v) is 1.36. The molecule has 0 amide bonds. The van der Waals surface area contributed by atoms with Crippen molar-refractivity contribution in [3.8, 4) is 0 Å². The van der Waals surface area contributed by atoms with Crippen LogP contribution in [0.25, 0.3) is 0 Å². The van der Waals surface area contributed by atoms with Crippen LogP contribution in [0.4, 0.5) is 13.2 Å². The van der Waals surface area contributed by atoms with Crippen molar-refractivity contribution in [1.82, 2.24) is 0 Å². The molecule has 0 fully saturated rings. The van der Waals surface area contributed by atoms with Crippen LogP contribution in [0, 0.1) is 0 Å². The number of aliphatic hydroxyl groups excluding tert-OH is 1. The van der Waals surface area contributed by atoms with Crippen molar-refractivity contribution in [3.05, 3.63) is 35.4 Å². The lowest BCUT2D eigenvalue weighted by Gasteiger charge is -2.21. The number of benzene rings is 1. The highest BCUT2D eigenvalue weighted by atomic mass is 19.4. The normalized spacial score (nSPS) is 14.9. The number of hydrogen-bond donors (Lipinski definition) is 1. The summed E-state index contributed by atoms with van der Waals surface area (Å²) in [6, 6.07) is 5.98. The van der Waals surface area contributed by atoms with Crippen LogP contribution in [0.15, 0.2) is 24.3 Å². The highest BCUT2D eigenvalue weighted by molar-refractivity contribution is 5.30. The summed E-state index contributed by atoms with van der Waals surface area (Å²) in [6.07, 6.45) is -7.02. The summed E-state index contributed by atoms with van der Waals surface area (Å²) in [5.41, 5.74) is 0.426. The molecule has 1 N–H and O–H groups in total. The lowest BCUT2D eigenvalue weighted by atomic mass is 9.85. The van der Waals surface area contributed by atoms with Crippen molar-refractivity contribution in [2.24, 2.45) is 0 Å². The fourth-order valence-electron chi connectivity index (χ4n) is 1.36. The van der Waals surface area contributed by atoms with Gasteiger partial charge in [0.2, 0.25) is 0 Å². The molecule has 0 aliphatic heterocycles. The van der Waals surface area contributed by atoms with E-state index in [-0.39, 0.29) is 11.0 Å². The van der Waals surface area contributed by atoms with Gasteiger partial charge in [-0.15, -0.1) is 0 Å². The summed E-state index contributed by atoms with van der Waals surface area (Å²) in [5, 5.41) is 9.12. The van der Waals surface area contributed by atoms with Crippen LogP contribution >= 0.6 is 0 Å². The van der Waals surface area contributed by atoms with Gasteiger partial charge in [0.05, 0.1) is 0 Å². The number of aliphatic hydroxyl groups is 1. The van der Waals surface area contributed by atoms with Crippen LogP contribution in [0.5, 0.6) is 0 Å². The average molecular weight is 232 g/mol. The Labute approximate surface area is 92.9 Å². The van der Waals surface area contributed by atoms with Crippen LogP contribution < -0.4 is 0 Å². The maximum Gasteiger partial charge on any atom is 0.418 e. The molecule has 0 radical (unpaired) electrons. The van der Waals surface area contributed by atoms with Gasteiger partial charge in [-0.25, -0.2) is 0 Å². The zero-order valence-electron chi connectivity index (χ0n) is 9.47. The van der Waals surface area contributed by atoms with Gasteiger partial charge >= 0.3 is 6.18 Å². The van der Waals surface area contributed by atoms with Crippen LogP contribution in [0.3, 0.4) is 0 Å². The van der Waals surface area contributed by atoms with Crippen molar-refractivity contribution < 1.29 is 18.3 Å². The highest BCUT2D eigenvalue weighted by Gasteiger charge is 2.39. The van der Waals surface area contributed by atoms with E-state index >= 15 is 0 Å². The van der Waals surface area contributed by atoms with Crippen molar-refractivity contribution >= 4 is 0 Å². The SMILES string of the molecule is CC(C)(C)c1cccc([C@H](O)C(F)(F)F)c1. The number of halogens is 3. The Kier molecular flexibility index (Phi) is 3.33. The predicted octanol–water partition coefficient (Wildman–Crippen LogP) is 3.58. The van der Waals surface area contributed by atoms with E-state index in [4.69, 9.17) is 5.11 Å². The third-order valence-electron chi connectivity index (χ3n) is 2.38. The smallest absolute Gasteiger partial charge is 0.379 e. The van der Waals surface area contributed by atoms with E-state index in [9.17, 15) is 13.2 Å². The van der Waals surface area contributed by atoms with Gasteiger partial charge in [-0.2, -0.15) is 13.2 Å². The van der Waals surface area contributed by atoms with Gasteiger partial charge in [0, 0.05) is 0 Å². The molecular formula is C12H15F3O. The Morgan fingerprint density at radius 1 is 1.12 bits per heavy atom. The number of alkyl halides is 3. The van der Waals surface area contributed by atoms with Gasteiger partial charge in [-0.3, -0.25) is 0 Å². The second-order valence-corrected chi connectivity index (χ2v) is 4.82. The van der Waals surface area contributed by atoms with Crippen LogP contribution in [-0.2, 0) is 5.41 Å². The van der Waals surface area contributed by atoms with Crippen molar-refractivity contribution in [3.63, 3.8) is 0 Å². The predicted molar refractivity (Wildman–Crippen MR) is 56.2 cm³/mol. The summed E-state index contributed by atoms with van der Waals surface area (Å²) >= 11 is 0. The monoisotopic (exact) mass is 232 g/mol. The van der Waals surface area contributed by atoms with E-state index in [1.807, 2.05) is 20.8 Å². The van der Waals surface area contributed by atoms with Crippen molar-refractivity contribution in [1.29, 1.82) is 0 Å². The Hall–Kier alpha value is -1.03. The first-order valence-corrected chi connectivity index (χ1v) is 4.97. The molecule has 0 spiro atoms. The maximum atomic E-state index is 12.3.